The molecule has 0 bridgehead atoms. The normalized spacial score (nSPS) is 13.5. The molecule has 130 valence electrons. The smallest absolute Gasteiger partial charge is 0.256 e. The van der Waals surface area contributed by atoms with Gasteiger partial charge in [0, 0.05) is 23.4 Å². The summed E-state index contributed by atoms with van der Waals surface area (Å²) in [6.07, 6.45) is 0.615. The molecule has 0 saturated heterocycles. The molecule has 2 aromatic rings. The maximum absolute atomic E-state index is 12.5. The lowest BCUT2D eigenvalue weighted by atomic mass is 10.0. The van der Waals surface area contributed by atoms with Crippen LogP contribution < -0.4 is 10.0 Å². The van der Waals surface area contributed by atoms with Crippen molar-refractivity contribution >= 4 is 27.2 Å². The summed E-state index contributed by atoms with van der Waals surface area (Å²) < 4.78 is 27.7. The first-order valence-corrected chi connectivity index (χ1v) is 9.53. The van der Waals surface area contributed by atoms with Crippen molar-refractivity contribution in [2.75, 3.05) is 11.9 Å². The zero-order valence-corrected chi connectivity index (χ0v) is 15.0. The maximum atomic E-state index is 12.5. The third-order valence-corrected chi connectivity index (χ3v) is 5.55. The molecule has 0 fully saturated rings. The van der Waals surface area contributed by atoms with Gasteiger partial charge >= 0.3 is 0 Å². The number of nitrogens with one attached hydrogen (secondary N) is 2. The second kappa shape index (κ2) is 6.82. The van der Waals surface area contributed by atoms with Gasteiger partial charge < -0.3 is 5.32 Å². The number of amides is 1. The van der Waals surface area contributed by atoms with Crippen molar-refractivity contribution in [3.05, 3.63) is 65.2 Å². The van der Waals surface area contributed by atoms with Crippen molar-refractivity contribution in [1.82, 2.24) is 4.72 Å². The minimum absolute atomic E-state index is 0.162. The van der Waals surface area contributed by atoms with Gasteiger partial charge in [-0.25, -0.2) is 13.1 Å². The lowest BCUT2D eigenvalue weighted by molar-refractivity contribution is -0.110. The number of carbonyl (C=O) groups is 1. The molecule has 6 heteroatoms. The molecule has 0 atom stereocenters. The van der Waals surface area contributed by atoms with E-state index in [1.54, 1.807) is 12.1 Å². The number of rotatable bonds is 5. The Hall–Kier alpha value is -2.44. The van der Waals surface area contributed by atoms with E-state index in [2.05, 4.69) is 10.0 Å². The highest BCUT2D eigenvalue weighted by molar-refractivity contribution is 7.89. The molecule has 1 aliphatic heterocycles. The van der Waals surface area contributed by atoms with Crippen LogP contribution >= 0.6 is 0 Å². The van der Waals surface area contributed by atoms with Crippen LogP contribution in [-0.2, 0) is 21.2 Å². The lowest BCUT2D eigenvalue weighted by Gasteiger charge is -2.09. The Bertz CT molecular complexity index is 944. The van der Waals surface area contributed by atoms with Crippen molar-refractivity contribution in [3.63, 3.8) is 0 Å². The van der Waals surface area contributed by atoms with E-state index in [9.17, 15) is 13.2 Å². The minimum atomic E-state index is -3.63. The van der Waals surface area contributed by atoms with Gasteiger partial charge in [-0.05, 0) is 44.0 Å². The average Bonchev–Trinajstić information content (AvgIpc) is 2.90. The summed E-state index contributed by atoms with van der Waals surface area (Å²) in [6, 6.07) is 14.4. The number of anilines is 1. The van der Waals surface area contributed by atoms with Gasteiger partial charge in [0.15, 0.2) is 0 Å². The number of allylic oxidation sites excluding steroid dienone is 1. The molecule has 0 saturated carbocycles. The standard InChI is InChI=1S/C19H20N2O3S/c1-13(2)18-16-12-15(8-9-17(16)21-19(18)22)25(23,24)20-11-10-14-6-4-3-5-7-14/h3-9,12,20H,10-11H2,1-2H3,(H,21,22). The van der Waals surface area contributed by atoms with Crippen molar-refractivity contribution in [2.24, 2.45) is 0 Å². The fourth-order valence-electron chi connectivity index (χ4n) is 2.87. The zero-order chi connectivity index (χ0) is 18.0. The third kappa shape index (κ3) is 3.65. The second-order valence-electron chi connectivity index (χ2n) is 6.17. The Morgan fingerprint density at radius 3 is 2.48 bits per heavy atom. The fraction of sp³-hybridized carbons (Fsp3) is 0.211. The quantitative estimate of drug-likeness (QED) is 0.809. The van der Waals surface area contributed by atoms with Crippen molar-refractivity contribution in [3.8, 4) is 0 Å². The first-order chi connectivity index (χ1) is 11.9. The Kier molecular flexibility index (Phi) is 4.74. The molecule has 5 nitrogen and oxygen atoms in total. The van der Waals surface area contributed by atoms with E-state index in [0.29, 0.717) is 29.8 Å². The van der Waals surface area contributed by atoms with E-state index in [0.717, 1.165) is 11.1 Å². The molecule has 2 N–H and O–H groups in total. The molecule has 1 heterocycles. The molecule has 1 aliphatic rings. The molecule has 2 aromatic carbocycles. The van der Waals surface area contributed by atoms with Crippen molar-refractivity contribution < 1.29 is 13.2 Å². The SMILES string of the molecule is CC(C)=C1C(=O)Nc2ccc(S(=O)(=O)NCCc3ccccc3)cc21. The highest BCUT2D eigenvalue weighted by Gasteiger charge is 2.27. The van der Waals surface area contributed by atoms with Crippen LogP contribution in [0.25, 0.3) is 5.57 Å². The zero-order valence-electron chi connectivity index (χ0n) is 14.2. The second-order valence-corrected chi connectivity index (χ2v) is 7.94. The number of carbonyl (C=O) groups excluding carboxylic acids is 1. The fourth-order valence-corrected chi connectivity index (χ4v) is 3.93. The van der Waals surface area contributed by atoms with E-state index < -0.39 is 10.0 Å². The van der Waals surface area contributed by atoms with Gasteiger partial charge in [0.1, 0.15) is 0 Å². The Morgan fingerprint density at radius 1 is 1.08 bits per heavy atom. The van der Waals surface area contributed by atoms with E-state index in [-0.39, 0.29) is 10.8 Å². The number of hydrogen-bond donors (Lipinski definition) is 2. The van der Waals surface area contributed by atoms with Crippen molar-refractivity contribution in [1.29, 1.82) is 0 Å². The molecule has 0 unspecified atom stereocenters. The van der Waals surface area contributed by atoms with Gasteiger partial charge in [0.2, 0.25) is 10.0 Å². The molecule has 0 radical (unpaired) electrons. The molecule has 0 aliphatic carbocycles. The largest absolute Gasteiger partial charge is 0.321 e. The van der Waals surface area contributed by atoms with Crippen LogP contribution in [0.2, 0.25) is 0 Å². The van der Waals surface area contributed by atoms with Crippen LogP contribution in [0.5, 0.6) is 0 Å². The summed E-state index contributed by atoms with van der Waals surface area (Å²) >= 11 is 0. The monoisotopic (exact) mass is 356 g/mol. The molecular formula is C19H20N2O3S. The maximum Gasteiger partial charge on any atom is 0.256 e. The first kappa shape index (κ1) is 17.4. The molecule has 0 aromatic heterocycles. The predicted molar refractivity (Wildman–Crippen MR) is 98.7 cm³/mol. The summed E-state index contributed by atoms with van der Waals surface area (Å²) in [5.74, 6) is -0.193. The van der Waals surface area contributed by atoms with Crippen LogP contribution in [0.15, 0.2) is 59.0 Å². The van der Waals surface area contributed by atoms with Crippen LogP contribution in [-0.4, -0.2) is 20.9 Å². The van der Waals surface area contributed by atoms with Crippen LogP contribution in [0.3, 0.4) is 0 Å². The van der Waals surface area contributed by atoms with Gasteiger partial charge in [0.05, 0.1) is 4.90 Å². The van der Waals surface area contributed by atoms with E-state index >= 15 is 0 Å². The summed E-state index contributed by atoms with van der Waals surface area (Å²) in [4.78, 5) is 12.2. The Balaban J connectivity index is 1.80. The van der Waals surface area contributed by atoms with E-state index in [1.165, 1.54) is 6.07 Å². The summed E-state index contributed by atoms with van der Waals surface area (Å²) in [7, 11) is -3.63. The third-order valence-electron chi connectivity index (χ3n) is 4.09. The highest BCUT2D eigenvalue weighted by atomic mass is 32.2. The average molecular weight is 356 g/mol. The predicted octanol–water partition coefficient (Wildman–Crippen LogP) is 2.95. The highest BCUT2D eigenvalue weighted by Crippen LogP contribution is 2.35. The first-order valence-electron chi connectivity index (χ1n) is 8.05. The van der Waals surface area contributed by atoms with E-state index in [1.807, 2.05) is 44.2 Å². The van der Waals surface area contributed by atoms with Crippen LogP contribution in [0.1, 0.15) is 25.0 Å². The van der Waals surface area contributed by atoms with Gasteiger partial charge in [-0.2, -0.15) is 0 Å². The van der Waals surface area contributed by atoms with Gasteiger partial charge in [-0.1, -0.05) is 35.9 Å². The molecule has 25 heavy (non-hydrogen) atoms. The van der Waals surface area contributed by atoms with Gasteiger partial charge in [-0.3, -0.25) is 4.79 Å². The summed E-state index contributed by atoms with van der Waals surface area (Å²) in [5.41, 5.74) is 3.74. The molecule has 1 amide bonds. The number of sulfonamides is 1. The van der Waals surface area contributed by atoms with Gasteiger partial charge in [-0.15, -0.1) is 0 Å². The topological polar surface area (TPSA) is 75.3 Å². The van der Waals surface area contributed by atoms with Crippen molar-refractivity contribution in [2.45, 2.75) is 25.2 Å². The minimum Gasteiger partial charge on any atom is -0.321 e. The molecule has 0 spiro atoms. The lowest BCUT2D eigenvalue weighted by Crippen LogP contribution is -2.26. The van der Waals surface area contributed by atoms with E-state index in [4.69, 9.17) is 0 Å². The van der Waals surface area contributed by atoms with Gasteiger partial charge in [0.25, 0.3) is 5.91 Å². The molecular weight excluding hydrogens is 336 g/mol. The summed E-state index contributed by atoms with van der Waals surface area (Å²) in [5, 5.41) is 2.76. The molecule has 3 rings (SSSR count). The number of benzene rings is 2. The summed E-state index contributed by atoms with van der Waals surface area (Å²) in [6.45, 7) is 3.99. The van der Waals surface area contributed by atoms with Crippen LogP contribution in [0.4, 0.5) is 5.69 Å². The number of hydrogen-bond acceptors (Lipinski definition) is 3. The Labute approximate surface area is 147 Å². The number of fused-ring (bicyclic) bond motifs is 1. The van der Waals surface area contributed by atoms with Crippen LogP contribution in [0, 0.1) is 0 Å². The Morgan fingerprint density at radius 2 is 1.80 bits per heavy atom.